The largest absolute Gasteiger partial charge is 0.401 e. The van der Waals surface area contributed by atoms with Crippen molar-refractivity contribution in [3.8, 4) is 0 Å². The van der Waals surface area contributed by atoms with Crippen LogP contribution in [0.1, 0.15) is 5.56 Å². The molecule has 0 unspecified atom stereocenters. The zero-order chi connectivity index (χ0) is 14.8. The second-order valence-electron chi connectivity index (χ2n) is 4.73. The molecule has 2 N–H and O–H groups in total. The Labute approximate surface area is 120 Å². The van der Waals surface area contributed by atoms with Crippen molar-refractivity contribution in [1.29, 1.82) is 0 Å². The molecule has 0 spiro atoms. The van der Waals surface area contributed by atoms with E-state index in [9.17, 15) is 13.2 Å². The first kappa shape index (κ1) is 15.3. The summed E-state index contributed by atoms with van der Waals surface area (Å²) in [5.74, 6) is 0.607. The summed E-state index contributed by atoms with van der Waals surface area (Å²) in [4.78, 5) is 7.53. The summed E-state index contributed by atoms with van der Waals surface area (Å²) in [6, 6.07) is 1.74. The molecule has 8 heteroatoms. The van der Waals surface area contributed by atoms with Gasteiger partial charge in [0.1, 0.15) is 5.82 Å². The highest BCUT2D eigenvalue weighted by atomic mass is 35.5. The quantitative estimate of drug-likeness (QED) is 0.926. The number of rotatable bonds is 3. The fraction of sp³-hybridized carbons (Fsp3) is 0.583. The van der Waals surface area contributed by atoms with Crippen molar-refractivity contribution in [3.05, 3.63) is 22.8 Å². The Morgan fingerprint density at radius 3 is 2.40 bits per heavy atom. The lowest BCUT2D eigenvalue weighted by atomic mass is 10.2. The van der Waals surface area contributed by atoms with Crippen molar-refractivity contribution < 1.29 is 13.2 Å². The predicted molar refractivity (Wildman–Crippen MR) is 71.8 cm³/mol. The molecule has 1 aliphatic heterocycles. The Bertz CT molecular complexity index is 459. The summed E-state index contributed by atoms with van der Waals surface area (Å²) in [5.41, 5.74) is 6.33. The first-order valence-electron chi connectivity index (χ1n) is 6.27. The van der Waals surface area contributed by atoms with E-state index in [0.29, 0.717) is 43.6 Å². The number of halogens is 4. The number of pyridine rings is 1. The normalized spacial score (nSPS) is 17.6. The lowest BCUT2D eigenvalue weighted by Crippen LogP contribution is -2.49. The third-order valence-electron chi connectivity index (χ3n) is 3.19. The minimum absolute atomic E-state index is 0.343. The van der Waals surface area contributed by atoms with E-state index in [1.54, 1.807) is 12.3 Å². The van der Waals surface area contributed by atoms with Gasteiger partial charge in [0.2, 0.25) is 0 Å². The Hall–Kier alpha value is -1.05. The Morgan fingerprint density at radius 1 is 1.25 bits per heavy atom. The standard InChI is InChI=1S/C12H16ClF3N4/c13-10-5-9(6-17)7-18-11(10)20-3-1-19(2-4-20)8-12(14,15)16/h5,7H,1-4,6,8,17H2. The maximum Gasteiger partial charge on any atom is 0.401 e. The molecular weight excluding hydrogens is 293 g/mol. The molecule has 112 valence electrons. The summed E-state index contributed by atoms with van der Waals surface area (Å²) < 4.78 is 36.9. The van der Waals surface area contributed by atoms with Crippen LogP contribution in [0.4, 0.5) is 19.0 Å². The molecule has 1 aromatic rings. The maximum atomic E-state index is 12.3. The minimum Gasteiger partial charge on any atom is -0.353 e. The number of nitrogens with zero attached hydrogens (tertiary/aromatic N) is 3. The molecule has 0 amide bonds. The zero-order valence-corrected chi connectivity index (χ0v) is 11.6. The van der Waals surface area contributed by atoms with Crippen LogP contribution in [0.2, 0.25) is 5.02 Å². The Morgan fingerprint density at radius 2 is 1.90 bits per heavy atom. The molecule has 1 fully saturated rings. The second kappa shape index (κ2) is 6.15. The lowest BCUT2D eigenvalue weighted by Gasteiger charge is -2.36. The lowest BCUT2D eigenvalue weighted by molar-refractivity contribution is -0.146. The topological polar surface area (TPSA) is 45.4 Å². The van der Waals surface area contributed by atoms with Crippen molar-refractivity contribution >= 4 is 17.4 Å². The van der Waals surface area contributed by atoms with Crippen LogP contribution in [0, 0.1) is 0 Å². The average Bonchev–Trinajstić information content (AvgIpc) is 2.38. The highest BCUT2D eigenvalue weighted by molar-refractivity contribution is 6.33. The number of hydrogen-bond acceptors (Lipinski definition) is 4. The minimum atomic E-state index is -4.15. The van der Waals surface area contributed by atoms with Gasteiger partial charge < -0.3 is 10.6 Å². The molecule has 20 heavy (non-hydrogen) atoms. The predicted octanol–water partition coefficient (Wildman–Crippen LogP) is 1.88. The van der Waals surface area contributed by atoms with Gasteiger partial charge in [0, 0.05) is 38.9 Å². The smallest absolute Gasteiger partial charge is 0.353 e. The number of piperazine rings is 1. The van der Waals surface area contributed by atoms with Gasteiger partial charge in [0.15, 0.2) is 0 Å². The van der Waals surface area contributed by atoms with Gasteiger partial charge in [-0.2, -0.15) is 13.2 Å². The van der Waals surface area contributed by atoms with Crippen molar-refractivity contribution in [3.63, 3.8) is 0 Å². The van der Waals surface area contributed by atoms with Gasteiger partial charge in [-0.15, -0.1) is 0 Å². The summed E-state index contributed by atoms with van der Waals surface area (Å²) in [6.45, 7) is 1.13. The number of anilines is 1. The van der Waals surface area contributed by atoms with Gasteiger partial charge in [-0.1, -0.05) is 11.6 Å². The van der Waals surface area contributed by atoms with Gasteiger partial charge in [-0.3, -0.25) is 4.90 Å². The van der Waals surface area contributed by atoms with Crippen molar-refractivity contribution in [1.82, 2.24) is 9.88 Å². The van der Waals surface area contributed by atoms with Gasteiger partial charge >= 0.3 is 6.18 Å². The monoisotopic (exact) mass is 308 g/mol. The van der Waals surface area contributed by atoms with E-state index in [1.807, 2.05) is 4.90 Å². The Kier molecular flexibility index (Phi) is 4.72. The SMILES string of the molecule is NCc1cnc(N2CCN(CC(F)(F)F)CC2)c(Cl)c1. The summed E-state index contributed by atoms with van der Waals surface area (Å²) >= 11 is 6.13. The van der Waals surface area contributed by atoms with E-state index in [4.69, 9.17) is 17.3 Å². The first-order valence-corrected chi connectivity index (χ1v) is 6.65. The Balaban J connectivity index is 1.97. The van der Waals surface area contributed by atoms with Crippen molar-refractivity contribution in [2.24, 2.45) is 5.73 Å². The van der Waals surface area contributed by atoms with Crippen LogP contribution < -0.4 is 10.6 Å². The van der Waals surface area contributed by atoms with Crippen LogP contribution in [-0.4, -0.2) is 48.8 Å². The van der Waals surface area contributed by atoms with Crippen molar-refractivity contribution in [2.45, 2.75) is 12.7 Å². The molecular formula is C12H16ClF3N4. The summed E-state index contributed by atoms with van der Waals surface area (Å²) in [7, 11) is 0. The molecule has 1 aliphatic rings. The molecule has 0 saturated carbocycles. The van der Waals surface area contributed by atoms with Crippen LogP contribution in [0.3, 0.4) is 0 Å². The van der Waals surface area contributed by atoms with Gasteiger partial charge in [-0.25, -0.2) is 4.98 Å². The third kappa shape index (κ3) is 3.97. The average molecular weight is 309 g/mol. The highest BCUT2D eigenvalue weighted by Crippen LogP contribution is 2.25. The molecule has 4 nitrogen and oxygen atoms in total. The fourth-order valence-electron chi connectivity index (χ4n) is 2.19. The van der Waals surface area contributed by atoms with Crippen LogP contribution in [0.15, 0.2) is 12.3 Å². The molecule has 0 aliphatic carbocycles. The third-order valence-corrected chi connectivity index (χ3v) is 3.47. The second-order valence-corrected chi connectivity index (χ2v) is 5.14. The number of nitrogens with two attached hydrogens (primary N) is 1. The summed E-state index contributed by atoms with van der Waals surface area (Å²) in [5, 5.41) is 0.484. The number of aromatic nitrogens is 1. The van der Waals surface area contributed by atoms with E-state index >= 15 is 0 Å². The number of hydrogen-bond donors (Lipinski definition) is 1. The molecule has 1 aromatic heterocycles. The maximum absolute atomic E-state index is 12.3. The molecule has 0 aromatic carbocycles. The highest BCUT2D eigenvalue weighted by Gasteiger charge is 2.32. The van der Waals surface area contributed by atoms with E-state index in [2.05, 4.69) is 4.98 Å². The van der Waals surface area contributed by atoms with E-state index in [0.717, 1.165) is 5.56 Å². The number of alkyl halides is 3. The fourth-order valence-corrected chi connectivity index (χ4v) is 2.49. The molecule has 0 atom stereocenters. The van der Waals surface area contributed by atoms with Crippen LogP contribution >= 0.6 is 11.6 Å². The van der Waals surface area contributed by atoms with Gasteiger partial charge in [0.05, 0.1) is 11.6 Å². The van der Waals surface area contributed by atoms with Gasteiger partial charge in [-0.05, 0) is 11.6 Å². The molecule has 0 bridgehead atoms. The molecule has 2 rings (SSSR count). The molecule has 0 radical (unpaired) electrons. The molecule has 1 saturated heterocycles. The van der Waals surface area contributed by atoms with Crippen molar-refractivity contribution in [2.75, 3.05) is 37.6 Å². The van der Waals surface area contributed by atoms with Gasteiger partial charge in [0.25, 0.3) is 0 Å². The van der Waals surface area contributed by atoms with E-state index in [1.165, 1.54) is 4.90 Å². The summed E-state index contributed by atoms with van der Waals surface area (Å²) in [6.07, 6.45) is -2.51. The van der Waals surface area contributed by atoms with Crippen LogP contribution in [0.25, 0.3) is 0 Å². The zero-order valence-electron chi connectivity index (χ0n) is 10.8. The molecule has 2 heterocycles. The van der Waals surface area contributed by atoms with Crippen LogP contribution in [0.5, 0.6) is 0 Å². The van der Waals surface area contributed by atoms with E-state index < -0.39 is 12.7 Å². The van der Waals surface area contributed by atoms with E-state index in [-0.39, 0.29) is 0 Å². The first-order chi connectivity index (χ1) is 9.39. The van der Waals surface area contributed by atoms with Crippen LogP contribution in [-0.2, 0) is 6.54 Å².